The van der Waals surface area contributed by atoms with Crippen LogP contribution in [0.4, 0.5) is 13.2 Å². The van der Waals surface area contributed by atoms with Gasteiger partial charge in [0.2, 0.25) is 0 Å². The van der Waals surface area contributed by atoms with Crippen molar-refractivity contribution in [1.82, 2.24) is 9.80 Å². The highest BCUT2D eigenvalue weighted by molar-refractivity contribution is 4.74. The lowest BCUT2D eigenvalue weighted by atomic mass is 10.2. The number of halogens is 3. The molecule has 0 radical (unpaired) electrons. The quantitative estimate of drug-likeness (QED) is 0.801. The summed E-state index contributed by atoms with van der Waals surface area (Å²) in [6.45, 7) is 4.63. The van der Waals surface area contributed by atoms with E-state index in [-0.39, 0.29) is 6.04 Å². The monoisotopic (exact) mass is 253 g/mol. The minimum absolute atomic E-state index is 0.210. The van der Waals surface area contributed by atoms with Crippen LogP contribution in [0.2, 0.25) is 0 Å². The minimum atomic E-state index is -4.07. The summed E-state index contributed by atoms with van der Waals surface area (Å²) in [5.41, 5.74) is 5.65. The van der Waals surface area contributed by atoms with Gasteiger partial charge in [0, 0.05) is 32.2 Å². The SMILES string of the molecule is CC(N)CCCN1CCN(CC(F)(F)F)CC1. The van der Waals surface area contributed by atoms with Crippen LogP contribution in [-0.4, -0.2) is 61.3 Å². The van der Waals surface area contributed by atoms with Crippen molar-refractivity contribution in [1.29, 1.82) is 0 Å². The van der Waals surface area contributed by atoms with Crippen LogP contribution in [0.3, 0.4) is 0 Å². The fraction of sp³-hybridized carbons (Fsp3) is 1.00. The van der Waals surface area contributed by atoms with Gasteiger partial charge < -0.3 is 10.6 Å². The van der Waals surface area contributed by atoms with Crippen LogP contribution in [0.25, 0.3) is 0 Å². The fourth-order valence-corrected chi connectivity index (χ4v) is 2.06. The van der Waals surface area contributed by atoms with Crippen molar-refractivity contribution >= 4 is 0 Å². The number of nitrogens with two attached hydrogens (primary N) is 1. The van der Waals surface area contributed by atoms with Gasteiger partial charge in [-0.05, 0) is 26.3 Å². The highest BCUT2D eigenvalue weighted by atomic mass is 19.4. The fourth-order valence-electron chi connectivity index (χ4n) is 2.06. The molecule has 0 bridgehead atoms. The van der Waals surface area contributed by atoms with E-state index in [9.17, 15) is 13.2 Å². The van der Waals surface area contributed by atoms with E-state index in [1.165, 1.54) is 4.90 Å². The normalized spacial score (nSPS) is 21.7. The summed E-state index contributed by atoms with van der Waals surface area (Å²) in [6, 6.07) is 0.210. The first kappa shape index (κ1) is 14.7. The molecule has 1 saturated heterocycles. The van der Waals surface area contributed by atoms with Crippen LogP contribution in [0, 0.1) is 0 Å². The van der Waals surface area contributed by atoms with Gasteiger partial charge in [-0.2, -0.15) is 13.2 Å². The third kappa shape index (κ3) is 6.85. The van der Waals surface area contributed by atoms with E-state index in [2.05, 4.69) is 4.90 Å². The summed E-state index contributed by atoms with van der Waals surface area (Å²) in [4.78, 5) is 3.69. The second-order valence-corrected chi connectivity index (χ2v) is 4.85. The first-order valence-corrected chi connectivity index (χ1v) is 6.14. The lowest BCUT2D eigenvalue weighted by Gasteiger charge is -2.35. The number of hydrogen-bond donors (Lipinski definition) is 1. The number of alkyl halides is 3. The van der Waals surface area contributed by atoms with Gasteiger partial charge in [0.05, 0.1) is 6.54 Å². The lowest BCUT2D eigenvalue weighted by Crippen LogP contribution is -2.49. The zero-order chi connectivity index (χ0) is 12.9. The van der Waals surface area contributed by atoms with E-state index in [1.54, 1.807) is 0 Å². The zero-order valence-electron chi connectivity index (χ0n) is 10.3. The molecule has 1 fully saturated rings. The van der Waals surface area contributed by atoms with Crippen molar-refractivity contribution in [2.75, 3.05) is 39.3 Å². The first-order valence-electron chi connectivity index (χ1n) is 6.14. The minimum Gasteiger partial charge on any atom is -0.328 e. The van der Waals surface area contributed by atoms with Crippen molar-refractivity contribution in [2.45, 2.75) is 32.0 Å². The van der Waals surface area contributed by atoms with Crippen LogP contribution in [0.5, 0.6) is 0 Å². The van der Waals surface area contributed by atoms with E-state index in [0.717, 1.165) is 32.5 Å². The van der Waals surface area contributed by atoms with Gasteiger partial charge in [-0.1, -0.05) is 0 Å². The molecule has 17 heavy (non-hydrogen) atoms. The summed E-state index contributed by atoms with van der Waals surface area (Å²) in [5.74, 6) is 0. The molecule has 0 spiro atoms. The zero-order valence-corrected chi connectivity index (χ0v) is 10.3. The second-order valence-electron chi connectivity index (χ2n) is 4.85. The van der Waals surface area contributed by atoms with Crippen LogP contribution < -0.4 is 5.73 Å². The maximum atomic E-state index is 12.2. The van der Waals surface area contributed by atoms with Gasteiger partial charge in [-0.25, -0.2) is 0 Å². The first-order chi connectivity index (χ1) is 7.87. The van der Waals surface area contributed by atoms with Crippen LogP contribution in [-0.2, 0) is 0 Å². The summed E-state index contributed by atoms with van der Waals surface area (Å²) in [7, 11) is 0. The molecule has 0 aliphatic carbocycles. The second kappa shape index (κ2) is 6.56. The molecule has 1 aliphatic rings. The van der Waals surface area contributed by atoms with Crippen LogP contribution >= 0.6 is 0 Å². The molecular formula is C11H22F3N3. The number of hydrogen-bond acceptors (Lipinski definition) is 3. The molecule has 0 amide bonds. The molecule has 6 heteroatoms. The molecule has 2 N–H and O–H groups in total. The number of rotatable bonds is 5. The van der Waals surface area contributed by atoms with E-state index in [0.29, 0.717) is 13.1 Å². The molecule has 3 nitrogen and oxygen atoms in total. The van der Waals surface area contributed by atoms with E-state index >= 15 is 0 Å². The molecule has 1 unspecified atom stereocenters. The van der Waals surface area contributed by atoms with E-state index in [1.807, 2.05) is 6.92 Å². The molecule has 1 aliphatic heterocycles. The molecule has 102 valence electrons. The van der Waals surface area contributed by atoms with Gasteiger partial charge in [0.15, 0.2) is 0 Å². The Morgan fingerprint density at radius 3 is 2.12 bits per heavy atom. The summed E-state index contributed by atoms with van der Waals surface area (Å²) in [5, 5.41) is 0. The molecule has 1 heterocycles. The maximum Gasteiger partial charge on any atom is 0.401 e. The molecule has 0 aromatic carbocycles. The third-order valence-electron chi connectivity index (χ3n) is 3.00. The predicted octanol–water partition coefficient (Wildman–Crippen LogP) is 1.29. The lowest BCUT2D eigenvalue weighted by molar-refractivity contribution is -0.149. The molecule has 0 aromatic rings. The molecule has 0 aromatic heterocycles. The highest BCUT2D eigenvalue weighted by Gasteiger charge is 2.31. The molecule has 1 rings (SSSR count). The van der Waals surface area contributed by atoms with Gasteiger partial charge in [0.25, 0.3) is 0 Å². The highest BCUT2D eigenvalue weighted by Crippen LogP contribution is 2.17. The Morgan fingerprint density at radius 1 is 1.12 bits per heavy atom. The molecular weight excluding hydrogens is 231 g/mol. The maximum absolute atomic E-state index is 12.2. The van der Waals surface area contributed by atoms with Gasteiger partial charge in [-0.3, -0.25) is 4.90 Å². The Hall–Kier alpha value is -0.330. The largest absolute Gasteiger partial charge is 0.401 e. The van der Waals surface area contributed by atoms with Gasteiger partial charge in [-0.15, -0.1) is 0 Å². The van der Waals surface area contributed by atoms with Crippen molar-refractivity contribution in [2.24, 2.45) is 5.73 Å². The Labute approximate surface area is 101 Å². The van der Waals surface area contributed by atoms with Crippen LogP contribution in [0.1, 0.15) is 19.8 Å². The Kier molecular flexibility index (Phi) is 5.69. The standard InChI is InChI=1S/C11H22F3N3/c1-10(15)3-2-4-16-5-7-17(8-6-16)9-11(12,13)14/h10H,2-9,15H2,1H3. The third-order valence-corrected chi connectivity index (χ3v) is 3.00. The molecule has 1 atom stereocenters. The summed E-state index contributed by atoms with van der Waals surface area (Å²) >= 11 is 0. The predicted molar refractivity (Wildman–Crippen MR) is 61.8 cm³/mol. The van der Waals surface area contributed by atoms with Crippen LogP contribution in [0.15, 0.2) is 0 Å². The van der Waals surface area contributed by atoms with E-state index < -0.39 is 12.7 Å². The summed E-state index contributed by atoms with van der Waals surface area (Å²) < 4.78 is 36.5. The smallest absolute Gasteiger partial charge is 0.328 e. The topological polar surface area (TPSA) is 32.5 Å². The average Bonchev–Trinajstić information content (AvgIpc) is 2.18. The van der Waals surface area contributed by atoms with E-state index in [4.69, 9.17) is 5.73 Å². The van der Waals surface area contributed by atoms with Gasteiger partial charge in [0.1, 0.15) is 0 Å². The van der Waals surface area contributed by atoms with Crippen molar-refractivity contribution < 1.29 is 13.2 Å². The van der Waals surface area contributed by atoms with Crippen molar-refractivity contribution in [3.05, 3.63) is 0 Å². The number of piperazine rings is 1. The Morgan fingerprint density at radius 2 is 1.65 bits per heavy atom. The Balaban J connectivity index is 2.13. The number of nitrogens with zero attached hydrogens (tertiary/aromatic N) is 2. The molecule has 0 saturated carbocycles. The average molecular weight is 253 g/mol. The Bertz CT molecular complexity index is 210. The van der Waals surface area contributed by atoms with Crippen molar-refractivity contribution in [3.63, 3.8) is 0 Å². The summed E-state index contributed by atoms with van der Waals surface area (Å²) in [6.07, 6.45) is -2.07. The van der Waals surface area contributed by atoms with Crippen molar-refractivity contribution in [3.8, 4) is 0 Å². The van der Waals surface area contributed by atoms with Gasteiger partial charge >= 0.3 is 6.18 Å².